The molecule has 1 heterocycles. The maximum atomic E-state index is 11.0. The predicted octanol–water partition coefficient (Wildman–Crippen LogP) is 1.95. The Balaban J connectivity index is 2.34. The van der Waals surface area contributed by atoms with Crippen molar-refractivity contribution in [3.8, 4) is 0 Å². The minimum absolute atomic E-state index is 0.0827. The molecule has 0 bridgehead atoms. The van der Waals surface area contributed by atoms with Gasteiger partial charge in [-0.05, 0) is 21.5 Å². The van der Waals surface area contributed by atoms with Crippen LogP contribution in [-0.2, 0) is 6.54 Å². The zero-order chi connectivity index (χ0) is 15.6. The van der Waals surface area contributed by atoms with Gasteiger partial charge in [0.05, 0.1) is 11.5 Å². The highest BCUT2D eigenvalue weighted by molar-refractivity contribution is 9.10. The molecule has 0 saturated heterocycles. The van der Waals surface area contributed by atoms with Crippen LogP contribution >= 0.6 is 15.9 Å². The van der Waals surface area contributed by atoms with E-state index in [-0.39, 0.29) is 17.0 Å². The lowest BCUT2D eigenvalue weighted by Crippen LogP contribution is -2.04. The molecule has 0 saturated carbocycles. The summed E-state index contributed by atoms with van der Waals surface area (Å²) in [6.07, 6.45) is 0. The highest BCUT2D eigenvalue weighted by atomic mass is 79.9. The summed E-state index contributed by atoms with van der Waals surface area (Å²) in [6, 6.07) is 4.61. The number of nitrogens with zero attached hydrogens (tertiary/aromatic N) is 5. The molecule has 2 aromatic rings. The van der Waals surface area contributed by atoms with Crippen molar-refractivity contribution in [3.63, 3.8) is 0 Å². The molecule has 110 valence electrons. The first kappa shape index (κ1) is 14.8. The summed E-state index contributed by atoms with van der Waals surface area (Å²) in [5.74, 6) is -0.539. The molecule has 2 rings (SSSR count). The molecule has 0 spiro atoms. The Morgan fingerprint density at radius 3 is 2.57 bits per heavy atom. The molecule has 0 aliphatic carbocycles. The van der Waals surface area contributed by atoms with Gasteiger partial charge in [0.25, 0.3) is 10.4 Å². The second kappa shape index (κ2) is 5.83. The zero-order valence-electron chi connectivity index (χ0n) is 10.7. The number of nitro benzene ring substituents is 1. The van der Waals surface area contributed by atoms with Crippen molar-refractivity contribution >= 4 is 33.3 Å². The van der Waals surface area contributed by atoms with E-state index < -0.39 is 15.8 Å². The SMILES string of the molecule is CNc1ccc(Cn2nc([N+](=O)[O-])nc2Br)cc1[N+](=O)[O-]. The van der Waals surface area contributed by atoms with Crippen LogP contribution in [0.3, 0.4) is 0 Å². The number of hydrogen-bond acceptors (Lipinski definition) is 7. The largest absolute Gasteiger partial charge is 0.492 e. The van der Waals surface area contributed by atoms with E-state index in [0.29, 0.717) is 11.3 Å². The molecule has 0 radical (unpaired) electrons. The number of rotatable bonds is 5. The van der Waals surface area contributed by atoms with Crippen molar-refractivity contribution in [1.82, 2.24) is 14.8 Å². The summed E-state index contributed by atoms with van der Waals surface area (Å²) in [4.78, 5) is 24.0. The smallest absolute Gasteiger partial charge is 0.390 e. The average molecular weight is 357 g/mol. The number of aromatic nitrogens is 3. The molecule has 0 unspecified atom stereocenters. The van der Waals surface area contributed by atoms with Crippen molar-refractivity contribution in [1.29, 1.82) is 0 Å². The van der Waals surface area contributed by atoms with E-state index in [1.54, 1.807) is 19.2 Å². The van der Waals surface area contributed by atoms with Gasteiger partial charge in [-0.15, -0.1) is 0 Å². The number of benzene rings is 1. The van der Waals surface area contributed by atoms with Crippen molar-refractivity contribution in [2.45, 2.75) is 6.54 Å². The maximum Gasteiger partial charge on any atom is 0.492 e. The Bertz CT molecular complexity index is 716. The van der Waals surface area contributed by atoms with E-state index in [4.69, 9.17) is 0 Å². The second-order valence-corrected chi connectivity index (χ2v) is 4.66. The number of halogens is 1. The summed E-state index contributed by atoms with van der Waals surface area (Å²) in [5.41, 5.74) is 0.870. The summed E-state index contributed by atoms with van der Waals surface area (Å²) >= 11 is 3.06. The lowest BCUT2D eigenvalue weighted by molar-refractivity contribution is -0.394. The highest BCUT2D eigenvalue weighted by Crippen LogP contribution is 2.26. The van der Waals surface area contributed by atoms with Crippen LogP contribution in [0.5, 0.6) is 0 Å². The fourth-order valence-electron chi connectivity index (χ4n) is 1.70. The molecule has 0 aliphatic heterocycles. The van der Waals surface area contributed by atoms with Crippen LogP contribution < -0.4 is 5.32 Å². The van der Waals surface area contributed by atoms with E-state index in [1.165, 1.54) is 10.7 Å². The van der Waals surface area contributed by atoms with Crippen molar-refractivity contribution in [3.05, 3.63) is 48.7 Å². The van der Waals surface area contributed by atoms with Gasteiger partial charge in [-0.2, -0.15) is 4.68 Å². The quantitative estimate of drug-likeness (QED) is 0.639. The summed E-state index contributed by atoms with van der Waals surface area (Å²) < 4.78 is 1.42. The van der Waals surface area contributed by atoms with Crippen LogP contribution in [-0.4, -0.2) is 31.7 Å². The van der Waals surface area contributed by atoms with Crippen LogP contribution in [0.1, 0.15) is 5.56 Å². The van der Waals surface area contributed by atoms with Crippen LogP contribution in [0.15, 0.2) is 22.9 Å². The second-order valence-electron chi connectivity index (χ2n) is 3.95. The van der Waals surface area contributed by atoms with Crippen molar-refractivity contribution < 1.29 is 9.85 Å². The molecule has 1 aromatic heterocycles. The van der Waals surface area contributed by atoms with Gasteiger partial charge in [0.1, 0.15) is 5.69 Å². The molecule has 21 heavy (non-hydrogen) atoms. The molecule has 11 heteroatoms. The monoisotopic (exact) mass is 356 g/mol. The molecule has 0 fully saturated rings. The van der Waals surface area contributed by atoms with E-state index >= 15 is 0 Å². The number of nitrogens with one attached hydrogen (secondary N) is 1. The predicted molar refractivity (Wildman–Crippen MR) is 76.1 cm³/mol. The van der Waals surface area contributed by atoms with Gasteiger partial charge in [0.15, 0.2) is 0 Å². The van der Waals surface area contributed by atoms with Crippen molar-refractivity contribution in [2.24, 2.45) is 0 Å². The Hall–Kier alpha value is -2.56. The van der Waals surface area contributed by atoms with Gasteiger partial charge in [-0.1, -0.05) is 6.07 Å². The van der Waals surface area contributed by atoms with Gasteiger partial charge in [-0.3, -0.25) is 10.1 Å². The fourth-order valence-corrected chi connectivity index (χ4v) is 2.06. The topological polar surface area (TPSA) is 129 Å². The zero-order valence-corrected chi connectivity index (χ0v) is 12.3. The van der Waals surface area contributed by atoms with Crippen LogP contribution in [0.4, 0.5) is 17.3 Å². The fraction of sp³-hybridized carbons (Fsp3) is 0.200. The molecule has 1 N–H and O–H groups in total. The third-order valence-electron chi connectivity index (χ3n) is 2.64. The Kier molecular flexibility index (Phi) is 4.12. The normalized spacial score (nSPS) is 10.4. The lowest BCUT2D eigenvalue weighted by Gasteiger charge is -2.04. The first-order valence-electron chi connectivity index (χ1n) is 5.62. The van der Waals surface area contributed by atoms with Gasteiger partial charge in [0, 0.05) is 34.1 Å². The van der Waals surface area contributed by atoms with Gasteiger partial charge < -0.3 is 15.4 Å². The number of nitro groups is 2. The van der Waals surface area contributed by atoms with Crippen LogP contribution in [0.25, 0.3) is 0 Å². The van der Waals surface area contributed by atoms with E-state index in [2.05, 4.69) is 31.3 Å². The Labute approximate surface area is 126 Å². The number of hydrogen-bond donors (Lipinski definition) is 1. The molecular formula is C10H9BrN6O4. The highest BCUT2D eigenvalue weighted by Gasteiger charge is 2.20. The third kappa shape index (κ3) is 3.13. The Morgan fingerprint density at radius 1 is 1.33 bits per heavy atom. The van der Waals surface area contributed by atoms with Crippen LogP contribution in [0.2, 0.25) is 0 Å². The molecule has 0 aliphatic rings. The molecule has 0 atom stereocenters. The van der Waals surface area contributed by atoms with Gasteiger partial charge in [0.2, 0.25) is 0 Å². The summed E-state index contributed by atoms with van der Waals surface area (Å²) in [7, 11) is 1.58. The minimum atomic E-state index is -0.714. The third-order valence-corrected chi connectivity index (χ3v) is 3.23. The van der Waals surface area contributed by atoms with Gasteiger partial charge >= 0.3 is 5.95 Å². The Morgan fingerprint density at radius 2 is 2.05 bits per heavy atom. The molecule has 0 amide bonds. The minimum Gasteiger partial charge on any atom is -0.390 e. The standard InChI is InChI=1S/C10H9BrN6O4/c1-12-7-3-2-6(4-8(7)16(18)19)5-15-9(11)13-10(14-15)17(20)21/h2-4,12H,5H2,1H3. The molecule has 10 nitrogen and oxygen atoms in total. The number of anilines is 1. The maximum absolute atomic E-state index is 11.0. The molecular weight excluding hydrogens is 348 g/mol. The van der Waals surface area contributed by atoms with E-state index in [0.717, 1.165) is 0 Å². The summed E-state index contributed by atoms with van der Waals surface area (Å²) in [5, 5.41) is 28.0. The lowest BCUT2D eigenvalue weighted by atomic mass is 10.1. The first-order valence-corrected chi connectivity index (χ1v) is 6.41. The van der Waals surface area contributed by atoms with E-state index in [9.17, 15) is 20.2 Å². The van der Waals surface area contributed by atoms with E-state index in [1.807, 2.05) is 0 Å². The van der Waals surface area contributed by atoms with Crippen LogP contribution in [0, 0.1) is 20.2 Å². The molecule has 1 aromatic carbocycles. The van der Waals surface area contributed by atoms with Gasteiger partial charge in [-0.25, -0.2) is 0 Å². The first-order chi connectivity index (χ1) is 9.92. The summed E-state index contributed by atoms with van der Waals surface area (Å²) in [6.45, 7) is 0.117. The average Bonchev–Trinajstić information content (AvgIpc) is 2.80. The van der Waals surface area contributed by atoms with Crippen molar-refractivity contribution in [2.75, 3.05) is 12.4 Å².